The first-order valence-corrected chi connectivity index (χ1v) is 27.1. The number of Topliss-reactive ketones (excluding diaryl/α,β-unsaturated/α-hetero) is 1. The van der Waals surface area contributed by atoms with Crippen LogP contribution in [0.1, 0.15) is 123 Å². The number of amides is 3. The molecule has 3 N–H and O–H groups in total. The smallest absolute Gasteiger partial charge is 0.385 e. The number of hydrogen-bond donors (Lipinski definition) is 3. The minimum atomic E-state index is -0.710. The van der Waals surface area contributed by atoms with E-state index < -0.39 is 12.1 Å². The lowest BCUT2D eigenvalue weighted by molar-refractivity contribution is -0.572. The lowest BCUT2D eigenvalue weighted by atomic mass is 9.87. The van der Waals surface area contributed by atoms with E-state index in [1.54, 1.807) is 11.9 Å². The van der Waals surface area contributed by atoms with Gasteiger partial charge in [0.15, 0.2) is 36.0 Å². The van der Waals surface area contributed by atoms with E-state index in [1.807, 2.05) is 42.3 Å². The molecule has 74 heavy (non-hydrogen) atoms. The van der Waals surface area contributed by atoms with Crippen LogP contribution < -0.4 is 15.5 Å². The Morgan fingerprint density at radius 3 is 2.62 bits per heavy atom. The molecule has 0 radical (unpaired) electrons. The molecule has 2 saturated heterocycles. The molecule has 8 aliphatic rings. The van der Waals surface area contributed by atoms with Gasteiger partial charge in [0.05, 0.1) is 30.6 Å². The summed E-state index contributed by atoms with van der Waals surface area (Å²) in [7, 11) is 3.82. The molecule has 0 spiro atoms. The summed E-state index contributed by atoms with van der Waals surface area (Å²) in [5.41, 5.74) is 10.9. The molecule has 1 saturated carbocycles. The number of anilines is 2. The molecule has 8 heterocycles. The minimum Gasteiger partial charge on any atom is -0.385 e. The zero-order chi connectivity index (χ0) is 51.7. The fraction of sp³-hybridized carbons (Fsp3) is 0.500. The quantitative estimate of drug-likeness (QED) is 0.110. The number of allylic oxidation sites excluding steroid dienone is 1. The second-order valence-electron chi connectivity index (χ2n) is 22.1. The molecule has 4 unspecified atom stereocenters. The van der Waals surface area contributed by atoms with Crippen molar-refractivity contribution in [1.29, 1.82) is 0 Å². The molecule has 388 valence electrons. The highest BCUT2D eigenvalue weighted by Gasteiger charge is 2.47. The lowest BCUT2D eigenvalue weighted by Crippen LogP contribution is -2.47. The van der Waals surface area contributed by atoms with Crippen LogP contribution in [0.5, 0.6) is 0 Å². The number of piperazine rings is 1. The van der Waals surface area contributed by atoms with Crippen LogP contribution in [-0.4, -0.2) is 139 Å². The number of urea groups is 1. The van der Waals surface area contributed by atoms with Crippen molar-refractivity contribution in [2.45, 2.75) is 116 Å². The molecule has 1 aromatic heterocycles. The summed E-state index contributed by atoms with van der Waals surface area (Å²) in [6.45, 7) is 14.4. The van der Waals surface area contributed by atoms with E-state index in [1.165, 1.54) is 16.3 Å². The van der Waals surface area contributed by atoms with Crippen molar-refractivity contribution >= 4 is 58.1 Å². The number of nitrogens with one attached hydrogen (secondary N) is 2. The predicted molar refractivity (Wildman–Crippen MR) is 285 cm³/mol. The van der Waals surface area contributed by atoms with Crippen molar-refractivity contribution in [1.82, 2.24) is 24.6 Å². The molecule has 0 bridgehead atoms. The summed E-state index contributed by atoms with van der Waals surface area (Å²) in [5.74, 6) is 0.393. The number of aromatic nitrogens is 1. The van der Waals surface area contributed by atoms with Crippen molar-refractivity contribution in [2.24, 2.45) is 18.9 Å². The van der Waals surface area contributed by atoms with Crippen LogP contribution in [0.2, 0.25) is 0 Å². The third kappa shape index (κ3) is 9.10. The number of hydrogen-bond acceptors (Lipinski definition) is 10. The maximum atomic E-state index is 16.3. The Balaban J connectivity index is 0.692. The van der Waals surface area contributed by atoms with Crippen LogP contribution >= 0.6 is 0 Å². The molecule has 6 atom stereocenters. The number of piperidine rings is 1. The van der Waals surface area contributed by atoms with E-state index in [2.05, 4.69) is 87.9 Å². The van der Waals surface area contributed by atoms with Gasteiger partial charge < -0.3 is 25.2 Å². The van der Waals surface area contributed by atoms with Crippen molar-refractivity contribution < 1.29 is 37.8 Å². The number of carbonyl (C=O) groups excluding carboxylic acids is 3. The molecule has 15 nitrogen and oxygen atoms in total. The number of rotatable bonds is 9. The second kappa shape index (κ2) is 20.1. The summed E-state index contributed by atoms with van der Waals surface area (Å²) in [6, 6.07) is 11.8. The average molecular weight is 1010 g/mol. The highest BCUT2D eigenvalue weighted by atomic mass is 19.1. The molecule has 7 aliphatic heterocycles. The summed E-state index contributed by atoms with van der Waals surface area (Å²) in [5, 5.41) is 18.5. The highest BCUT2D eigenvalue weighted by molar-refractivity contribution is 6.35. The molecule has 3 aromatic rings. The van der Waals surface area contributed by atoms with E-state index >= 15 is 4.39 Å². The van der Waals surface area contributed by atoms with Gasteiger partial charge in [0, 0.05) is 115 Å². The molecule has 16 heteroatoms. The number of halogens is 1. The summed E-state index contributed by atoms with van der Waals surface area (Å²) in [4.78, 5) is 60.7. The highest BCUT2D eigenvalue weighted by Crippen LogP contribution is 2.42. The second-order valence-corrected chi connectivity index (χ2v) is 22.1. The third-order valence-corrected chi connectivity index (χ3v) is 17.3. The van der Waals surface area contributed by atoms with Gasteiger partial charge in [-0.25, -0.2) is 13.8 Å². The van der Waals surface area contributed by atoms with Crippen LogP contribution in [0.4, 0.5) is 26.4 Å². The van der Waals surface area contributed by atoms with Crippen molar-refractivity contribution in [3.05, 3.63) is 116 Å². The first-order valence-electron chi connectivity index (χ1n) is 27.1. The molecule has 3 amide bonds. The summed E-state index contributed by atoms with van der Waals surface area (Å²) in [6.07, 6.45) is 17.1. The fourth-order valence-electron chi connectivity index (χ4n) is 13.2. The lowest BCUT2D eigenvalue weighted by Gasteiger charge is -2.35. The van der Waals surface area contributed by atoms with Gasteiger partial charge in [-0.1, -0.05) is 18.6 Å². The maximum Gasteiger partial charge on any atom is 0.504 e. The average Bonchev–Trinajstić information content (AvgIpc) is 4.01. The van der Waals surface area contributed by atoms with Gasteiger partial charge in [0.2, 0.25) is 12.3 Å². The zero-order valence-corrected chi connectivity index (χ0v) is 43.9. The van der Waals surface area contributed by atoms with E-state index in [9.17, 15) is 24.4 Å². The zero-order valence-electron chi connectivity index (χ0n) is 43.9. The molecular formula is C58H72FN10O5+3. The van der Waals surface area contributed by atoms with Gasteiger partial charge >= 0.3 is 11.9 Å². The van der Waals surface area contributed by atoms with Gasteiger partial charge in [0.1, 0.15) is 17.8 Å². The van der Waals surface area contributed by atoms with Crippen LogP contribution in [0.3, 0.4) is 0 Å². The topological polar surface area (TPSA) is 139 Å². The van der Waals surface area contributed by atoms with Crippen molar-refractivity contribution in [3.8, 4) is 0 Å². The monoisotopic (exact) mass is 1010 g/mol. The number of nitroso groups, excluding NO2 is 1. The minimum absolute atomic E-state index is 0.0549. The fourth-order valence-corrected chi connectivity index (χ4v) is 13.2. The van der Waals surface area contributed by atoms with Gasteiger partial charge in [-0.3, -0.25) is 14.6 Å². The van der Waals surface area contributed by atoms with E-state index in [-0.39, 0.29) is 47.9 Å². The molecular weight excluding hydrogens is 936 g/mol. The number of fused-ring (bicyclic) bond motifs is 2. The van der Waals surface area contributed by atoms with Crippen molar-refractivity contribution in [2.75, 3.05) is 63.1 Å². The van der Waals surface area contributed by atoms with E-state index in [0.29, 0.717) is 59.3 Å². The number of ketones is 1. The van der Waals surface area contributed by atoms with Gasteiger partial charge in [-0.2, -0.15) is 9.69 Å². The number of aliphatic hydroxyl groups is 1. The number of aryl methyl sites for hydroxylation is 1. The first kappa shape index (κ1) is 49.8. The van der Waals surface area contributed by atoms with Crippen LogP contribution in [0.15, 0.2) is 72.1 Å². The summed E-state index contributed by atoms with van der Waals surface area (Å²) < 4.78 is 22.9. The van der Waals surface area contributed by atoms with E-state index in [0.717, 1.165) is 129 Å². The largest absolute Gasteiger partial charge is 0.504 e. The van der Waals surface area contributed by atoms with Gasteiger partial charge in [0.25, 0.3) is 0 Å². The number of benzene rings is 2. The Morgan fingerprint density at radius 1 is 1.00 bits per heavy atom. The predicted octanol–water partition coefficient (Wildman–Crippen LogP) is 7.99. The van der Waals surface area contributed by atoms with Crippen LogP contribution in [0, 0.1) is 29.5 Å². The molecule has 11 rings (SSSR count). The normalized spacial score (nSPS) is 27.6. The van der Waals surface area contributed by atoms with Gasteiger partial charge in [-0.05, 0) is 125 Å². The Labute approximate surface area is 433 Å². The van der Waals surface area contributed by atoms with E-state index in [4.69, 9.17) is 0 Å². The molecule has 3 fully saturated rings. The third-order valence-electron chi connectivity index (χ3n) is 17.3. The Morgan fingerprint density at radius 2 is 1.84 bits per heavy atom. The van der Waals surface area contributed by atoms with Crippen molar-refractivity contribution in [3.63, 3.8) is 0 Å². The SMILES string of the molecule is Cc1cc(C(=O)C2CCCC(C=[N+]3CCN(Cc4ccc5c(c4)N(C)C(=O)/[N+]5=C4/CCC[N+](=O)C4=O)C[C@@H]3C)CC2)cc(F)c1C1=CCN([C@@H](C)c2cc3c(n2C)NC(C)C=C3N2C=CC3=C(CCN3)C2O)CC1. The Kier molecular flexibility index (Phi) is 13.5. The number of nitrogens with zero attached hydrogens (tertiary/aromatic N) is 8. The molecule has 2 aromatic carbocycles. The van der Waals surface area contributed by atoms with Crippen LogP contribution in [-0.2, 0) is 18.4 Å². The number of aliphatic hydroxyl groups excluding tert-OH is 1. The summed E-state index contributed by atoms with van der Waals surface area (Å²) >= 11 is 0. The standard InChI is InChI=1S/C58H71FN10O5/c1-35-27-43(30-46(59)53(35)41-17-22-65(23-18-41)38(4)50-31-45-51(28-36(2)61-55(45)62(50)5)67-24-19-47-44(56(67)71)16-20-60-47)54(70)42-10-7-9-39(12-14-42)34-66-26-25-64(32-37(66)3)33-40-13-15-48-52(29-40)63(6)58(73)69(48)49-11-8-21-68(74)57(49)72/h13,15,17,19,24,27-31,34,36-39,42,56,60,71H,7-12,14,16,18,20-23,25-26,32-33H2,1-6H3/q+2/p+1/t36?,37-,38-,39?,42?,56?/m0/s1. The molecule has 1 aliphatic carbocycles. The Hall–Kier alpha value is -6.36. The van der Waals surface area contributed by atoms with Crippen LogP contribution in [0.25, 0.3) is 11.3 Å². The van der Waals surface area contributed by atoms with Gasteiger partial charge in [-0.15, -0.1) is 4.58 Å². The number of carbonyl (C=O) groups is 3. The maximum absolute atomic E-state index is 16.3. The Bertz CT molecular complexity index is 3030. The first-order chi connectivity index (χ1) is 35.6.